The normalized spacial score (nSPS) is 11.2. The van der Waals surface area contributed by atoms with Gasteiger partial charge in [-0.2, -0.15) is 0 Å². The molecule has 0 unspecified atom stereocenters. The summed E-state index contributed by atoms with van der Waals surface area (Å²) in [5.74, 6) is -1.06. The Bertz CT molecular complexity index is 799. The molecule has 0 aromatic heterocycles. The molecule has 0 saturated heterocycles. The minimum Gasteiger partial charge on any atom is -0.478 e. The first kappa shape index (κ1) is 17.0. The molecule has 2 aromatic carbocycles. The Labute approximate surface area is 135 Å². The molecule has 0 spiro atoms. The summed E-state index contributed by atoms with van der Waals surface area (Å²) in [6, 6.07) is 12.3. The van der Waals surface area contributed by atoms with Crippen LogP contribution in [0.5, 0.6) is 0 Å². The fourth-order valence-electron chi connectivity index (χ4n) is 2.13. The molecule has 0 saturated carbocycles. The molecule has 6 nitrogen and oxygen atoms in total. The van der Waals surface area contributed by atoms with E-state index < -0.39 is 16.0 Å². The van der Waals surface area contributed by atoms with E-state index in [0.717, 1.165) is 4.31 Å². The number of carbonyl (C=O) groups is 1. The minimum atomic E-state index is -3.77. The first-order chi connectivity index (χ1) is 10.9. The van der Waals surface area contributed by atoms with Crippen LogP contribution in [0.4, 0.5) is 5.69 Å². The Morgan fingerprint density at radius 2 is 1.74 bits per heavy atom. The second-order valence-corrected chi connectivity index (χ2v) is 6.80. The van der Waals surface area contributed by atoms with Gasteiger partial charge in [0.2, 0.25) is 0 Å². The molecule has 7 heteroatoms. The third-order valence-corrected chi connectivity index (χ3v) is 5.27. The lowest BCUT2D eigenvalue weighted by atomic mass is 10.2. The summed E-state index contributed by atoms with van der Waals surface area (Å²) in [7, 11) is -0.849. The summed E-state index contributed by atoms with van der Waals surface area (Å²) in [5.41, 5.74) is 1.03. The number of nitrogens with zero attached hydrogens (tertiary/aromatic N) is 1. The molecule has 0 aliphatic heterocycles. The lowest BCUT2D eigenvalue weighted by Gasteiger charge is -2.21. The van der Waals surface area contributed by atoms with Crippen molar-refractivity contribution in [1.82, 2.24) is 0 Å². The number of anilines is 1. The van der Waals surface area contributed by atoms with Crippen molar-refractivity contribution in [2.45, 2.75) is 11.5 Å². The van der Waals surface area contributed by atoms with Crippen LogP contribution >= 0.6 is 0 Å². The van der Waals surface area contributed by atoms with Gasteiger partial charge in [0.1, 0.15) is 0 Å². The SMILES string of the molecule is COCc1ccccc1S(=O)(=O)N(C)c1ccc(C(=O)O)cc1. The number of benzene rings is 2. The number of aromatic carboxylic acids is 1. The van der Waals surface area contributed by atoms with Crippen LogP contribution in [0.3, 0.4) is 0 Å². The largest absolute Gasteiger partial charge is 0.478 e. The van der Waals surface area contributed by atoms with Crippen molar-refractivity contribution in [1.29, 1.82) is 0 Å². The third kappa shape index (κ3) is 3.52. The highest BCUT2D eigenvalue weighted by Crippen LogP contribution is 2.25. The summed E-state index contributed by atoms with van der Waals surface area (Å²) >= 11 is 0. The molecule has 1 N–H and O–H groups in total. The molecule has 0 heterocycles. The average molecular weight is 335 g/mol. The van der Waals surface area contributed by atoms with Crippen molar-refractivity contribution >= 4 is 21.7 Å². The van der Waals surface area contributed by atoms with Crippen LogP contribution in [0.25, 0.3) is 0 Å². The number of hydrogen-bond donors (Lipinski definition) is 1. The van der Waals surface area contributed by atoms with Gasteiger partial charge in [-0.25, -0.2) is 13.2 Å². The molecule has 0 aliphatic rings. The van der Waals surface area contributed by atoms with Crippen LogP contribution in [0.2, 0.25) is 0 Å². The number of sulfonamides is 1. The molecule has 0 fully saturated rings. The lowest BCUT2D eigenvalue weighted by molar-refractivity contribution is 0.0697. The fraction of sp³-hybridized carbons (Fsp3) is 0.188. The molecule has 2 aromatic rings. The summed E-state index contributed by atoms with van der Waals surface area (Å²) in [5, 5.41) is 8.90. The van der Waals surface area contributed by atoms with E-state index in [0.29, 0.717) is 11.3 Å². The highest BCUT2D eigenvalue weighted by atomic mass is 32.2. The van der Waals surface area contributed by atoms with Crippen molar-refractivity contribution in [3.8, 4) is 0 Å². The van der Waals surface area contributed by atoms with Crippen molar-refractivity contribution in [2.24, 2.45) is 0 Å². The number of rotatable bonds is 6. The van der Waals surface area contributed by atoms with Crippen molar-refractivity contribution < 1.29 is 23.1 Å². The quantitative estimate of drug-likeness (QED) is 0.876. The summed E-state index contributed by atoms with van der Waals surface area (Å²) in [6.07, 6.45) is 0. The van der Waals surface area contributed by atoms with Gasteiger partial charge in [-0.3, -0.25) is 4.31 Å². The molecule has 23 heavy (non-hydrogen) atoms. The Morgan fingerprint density at radius 3 is 2.30 bits per heavy atom. The molecule has 0 aliphatic carbocycles. The molecule has 0 radical (unpaired) electrons. The van der Waals surface area contributed by atoms with Gasteiger partial charge in [0.05, 0.1) is 22.8 Å². The van der Waals surface area contributed by atoms with E-state index in [9.17, 15) is 13.2 Å². The summed E-state index contributed by atoms with van der Waals surface area (Å²) in [4.78, 5) is 11.0. The van der Waals surface area contributed by atoms with Crippen LogP contribution in [0.15, 0.2) is 53.4 Å². The minimum absolute atomic E-state index is 0.0966. The third-order valence-electron chi connectivity index (χ3n) is 3.39. The first-order valence-corrected chi connectivity index (χ1v) is 8.21. The van der Waals surface area contributed by atoms with Crippen molar-refractivity contribution in [3.63, 3.8) is 0 Å². The molecule has 0 bridgehead atoms. The van der Waals surface area contributed by atoms with Crippen LogP contribution < -0.4 is 4.31 Å². The van der Waals surface area contributed by atoms with E-state index >= 15 is 0 Å². The van der Waals surface area contributed by atoms with Crippen LogP contribution in [-0.4, -0.2) is 33.7 Å². The lowest BCUT2D eigenvalue weighted by Crippen LogP contribution is -2.27. The number of ether oxygens (including phenoxy) is 1. The topological polar surface area (TPSA) is 83.9 Å². The molecule has 2 rings (SSSR count). The van der Waals surface area contributed by atoms with Crippen LogP contribution in [0, 0.1) is 0 Å². The molecule has 0 atom stereocenters. The first-order valence-electron chi connectivity index (χ1n) is 6.77. The predicted octanol–water partition coefficient (Wildman–Crippen LogP) is 2.36. The maximum Gasteiger partial charge on any atom is 0.335 e. The van der Waals surface area contributed by atoms with Gasteiger partial charge in [-0.05, 0) is 35.9 Å². The van der Waals surface area contributed by atoms with Crippen molar-refractivity contribution in [2.75, 3.05) is 18.5 Å². The van der Waals surface area contributed by atoms with Gasteiger partial charge in [0, 0.05) is 14.2 Å². The second-order valence-electron chi connectivity index (χ2n) is 4.87. The Morgan fingerprint density at radius 1 is 1.13 bits per heavy atom. The molecule has 0 amide bonds. The summed E-state index contributed by atoms with van der Waals surface area (Å²) < 4.78 is 31.8. The predicted molar refractivity (Wildman–Crippen MR) is 86.1 cm³/mol. The number of carboxylic acid groups (broad SMARTS) is 1. The van der Waals surface area contributed by atoms with Gasteiger partial charge >= 0.3 is 5.97 Å². The number of methoxy groups -OCH3 is 1. The Hall–Kier alpha value is -2.38. The standard InChI is InChI=1S/C16H17NO5S/c1-17(14-9-7-12(8-10-14)16(18)19)23(20,21)15-6-4-3-5-13(15)11-22-2/h3-10H,11H2,1-2H3,(H,18,19). The van der Waals surface area contributed by atoms with E-state index in [2.05, 4.69) is 0 Å². The smallest absolute Gasteiger partial charge is 0.335 e. The van der Waals surface area contributed by atoms with E-state index in [1.165, 1.54) is 44.5 Å². The zero-order valence-electron chi connectivity index (χ0n) is 12.8. The van der Waals surface area contributed by atoms with E-state index in [-0.39, 0.29) is 17.1 Å². The Balaban J connectivity index is 2.41. The fourth-order valence-corrected chi connectivity index (χ4v) is 3.53. The number of hydrogen-bond acceptors (Lipinski definition) is 4. The highest BCUT2D eigenvalue weighted by Gasteiger charge is 2.24. The van der Waals surface area contributed by atoms with E-state index in [1.54, 1.807) is 18.2 Å². The highest BCUT2D eigenvalue weighted by molar-refractivity contribution is 7.92. The Kier molecular flexibility index (Phi) is 5.02. The number of carboxylic acids is 1. The zero-order chi connectivity index (χ0) is 17.0. The van der Waals surface area contributed by atoms with E-state index in [4.69, 9.17) is 9.84 Å². The zero-order valence-corrected chi connectivity index (χ0v) is 13.6. The van der Waals surface area contributed by atoms with E-state index in [1.807, 2.05) is 0 Å². The van der Waals surface area contributed by atoms with Gasteiger partial charge in [0.25, 0.3) is 10.0 Å². The summed E-state index contributed by atoms with van der Waals surface area (Å²) in [6.45, 7) is 0.182. The van der Waals surface area contributed by atoms with Crippen LogP contribution in [0.1, 0.15) is 15.9 Å². The molecular formula is C16H17NO5S. The van der Waals surface area contributed by atoms with Gasteiger partial charge < -0.3 is 9.84 Å². The van der Waals surface area contributed by atoms with Gasteiger partial charge in [-0.15, -0.1) is 0 Å². The average Bonchev–Trinajstić information content (AvgIpc) is 2.55. The molecular weight excluding hydrogens is 318 g/mol. The molecule has 122 valence electrons. The maximum atomic E-state index is 12.8. The maximum absolute atomic E-state index is 12.8. The van der Waals surface area contributed by atoms with Gasteiger partial charge in [-0.1, -0.05) is 18.2 Å². The van der Waals surface area contributed by atoms with Crippen LogP contribution in [-0.2, 0) is 21.4 Å². The second kappa shape index (κ2) is 6.80. The monoisotopic (exact) mass is 335 g/mol. The van der Waals surface area contributed by atoms with Gasteiger partial charge in [0.15, 0.2) is 0 Å². The van der Waals surface area contributed by atoms with Crippen molar-refractivity contribution in [3.05, 3.63) is 59.7 Å².